The van der Waals surface area contributed by atoms with Crippen LogP contribution in [0.2, 0.25) is 0 Å². The maximum absolute atomic E-state index is 11.3. The highest BCUT2D eigenvalue weighted by atomic mass is 32.2. The minimum Gasteiger partial charge on any atom is -0.480 e. The van der Waals surface area contributed by atoms with Gasteiger partial charge in [-0.3, -0.25) is 0 Å². The number of carboxylic acids is 1. The summed E-state index contributed by atoms with van der Waals surface area (Å²) in [6.45, 7) is 5.95. The first-order valence-electron chi connectivity index (χ1n) is 7.20. The largest absolute Gasteiger partial charge is 0.480 e. The van der Waals surface area contributed by atoms with Crippen LogP contribution in [0.15, 0.2) is 12.4 Å². The van der Waals surface area contributed by atoms with Gasteiger partial charge >= 0.3 is 5.97 Å². The molecule has 0 amide bonds. The highest BCUT2D eigenvalue weighted by Crippen LogP contribution is 2.20. The van der Waals surface area contributed by atoms with Gasteiger partial charge in [0.1, 0.15) is 24.0 Å². The fraction of sp³-hybridized carbons (Fsp3) is 0.643. The molecule has 21 heavy (non-hydrogen) atoms. The Morgan fingerprint density at radius 3 is 2.76 bits per heavy atom. The molecule has 1 saturated heterocycles. The number of carboxylic acid groups (broad SMARTS) is 1. The van der Waals surface area contributed by atoms with Crippen molar-refractivity contribution >= 4 is 29.4 Å². The van der Waals surface area contributed by atoms with Crippen LogP contribution in [0, 0.1) is 5.92 Å². The summed E-state index contributed by atoms with van der Waals surface area (Å²) < 4.78 is 0. The van der Waals surface area contributed by atoms with Gasteiger partial charge in [0.05, 0.1) is 0 Å². The SMILES string of the molecule is CC(C)CC(Nc1cc(N2CCSCC2)ncn1)C(=O)O. The van der Waals surface area contributed by atoms with Gasteiger partial charge < -0.3 is 15.3 Å². The third-order valence-corrected chi connectivity index (χ3v) is 4.26. The maximum atomic E-state index is 11.3. The minimum absolute atomic E-state index is 0.305. The Hall–Kier alpha value is -1.50. The van der Waals surface area contributed by atoms with Crippen molar-refractivity contribution in [2.24, 2.45) is 5.92 Å². The van der Waals surface area contributed by atoms with Gasteiger partial charge in [0.2, 0.25) is 0 Å². The van der Waals surface area contributed by atoms with Gasteiger partial charge in [-0.15, -0.1) is 0 Å². The summed E-state index contributed by atoms with van der Waals surface area (Å²) >= 11 is 1.94. The lowest BCUT2D eigenvalue weighted by atomic mass is 10.0. The Bertz CT molecular complexity index is 478. The molecule has 2 N–H and O–H groups in total. The second-order valence-corrected chi connectivity index (χ2v) is 6.75. The zero-order chi connectivity index (χ0) is 15.2. The molecule has 1 aromatic heterocycles. The predicted molar refractivity (Wildman–Crippen MR) is 86.1 cm³/mol. The quantitative estimate of drug-likeness (QED) is 0.831. The molecule has 1 aliphatic rings. The number of anilines is 2. The van der Waals surface area contributed by atoms with Crippen molar-refractivity contribution in [1.82, 2.24) is 9.97 Å². The van der Waals surface area contributed by atoms with Crippen LogP contribution in [0.25, 0.3) is 0 Å². The van der Waals surface area contributed by atoms with E-state index in [4.69, 9.17) is 0 Å². The van der Waals surface area contributed by atoms with E-state index in [0.29, 0.717) is 18.2 Å². The number of hydrogen-bond acceptors (Lipinski definition) is 6. The average molecular weight is 310 g/mol. The summed E-state index contributed by atoms with van der Waals surface area (Å²) in [5, 5.41) is 12.3. The van der Waals surface area contributed by atoms with Crippen molar-refractivity contribution in [3.63, 3.8) is 0 Å². The van der Waals surface area contributed by atoms with E-state index in [-0.39, 0.29) is 0 Å². The molecule has 2 rings (SSSR count). The topological polar surface area (TPSA) is 78.3 Å². The molecular weight excluding hydrogens is 288 g/mol. The first-order chi connectivity index (χ1) is 10.1. The molecule has 0 aliphatic carbocycles. The van der Waals surface area contributed by atoms with Gasteiger partial charge in [0.15, 0.2) is 0 Å². The van der Waals surface area contributed by atoms with E-state index >= 15 is 0 Å². The zero-order valence-electron chi connectivity index (χ0n) is 12.5. The lowest BCUT2D eigenvalue weighted by molar-refractivity contribution is -0.138. The molecule has 1 unspecified atom stereocenters. The molecule has 7 heteroatoms. The van der Waals surface area contributed by atoms with E-state index in [2.05, 4.69) is 20.2 Å². The van der Waals surface area contributed by atoms with Crippen LogP contribution < -0.4 is 10.2 Å². The number of carbonyl (C=O) groups is 1. The molecule has 1 fully saturated rings. The second-order valence-electron chi connectivity index (χ2n) is 5.53. The predicted octanol–water partition coefficient (Wildman–Crippen LogP) is 1.94. The van der Waals surface area contributed by atoms with Crippen molar-refractivity contribution in [3.05, 3.63) is 12.4 Å². The number of hydrogen-bond donors (Lipinski definition) is 2. The molecule has 1 aliphatic heterocycles. The first kappa shape index (κ1) is 15.9. The lowest BCUT2D eigenvalue weighted by Gasteiger charge is -2.27. The standard InChI is InChI=1S/C14H22N4O2S/c1-10(2)7-11(14(19)20)17-12-8-13(16-9-15-12)18-3-5-21-6-4-18/h8-11H,3-7H2,1-2H3,(H,19,20)(H,15,16,17). The molecule has 1 atom stereocenters. The summed E-state index contributed by atoms with van der Waals surface area (Å²) in [6.07, 6.45) is 2.06. The summed E-state index contributed by atoms with van der Waals surface area (Å²) in [6, 6.07) is 1.22. The van der Waals surface area contributed by atoms with Gasteiger partial charge in [-0.05, 0) is 12.3 Å². The molecule has 0 bridgehead atoms. The highest BCUT2D eigenvalue weighted by molar-refractivity contribution is 7.99. The smallest absolute Gasteiger partial charge is 0.326 e. The van der Waals surface area contributed by atoms with Gasteiger partial charge in [0, 0.05) is 30.7 Å². The van der Waals surface area contributed by atoms with Crippen molar-refractivity contribution in [2.75, 3.05) is 34.8 Å². The average Bonchev–Trinajstić information content (AvgIpc) is 2.47. The van der Waals surface area contributed by atoms with Gasteiger partial charge in [-0.1, -0.05) is 13.8 Å². The maximum Gasteiger partial charge on any atom is 0.326 e. The molecule has 0 saturated carbocycles. The van der Waals surface area contributed by atoms with Crippen molar-refractivity contribution in [3.8, 4) is 0 Å². The van der Waals surface area contributed by atoms with E-state index < -0.39 is 12.0 Å². The molecule has 0 aromatic carbocycles. The highest BCUT2D eigenvalue weighted by Gasteiger charge is 2.20. The summed E-state index contributed by atoms with van der Waals surface area (Å²) in [5.41, 5.74) is 0. The molecule has 6 nitrogen and oxygen atoms in total. The van der Waals surface area contributed by atoms with E-state index in [9.17, 15) is 9.90 Å². The van der Waals surface area contributed by atoms with Crippen LogP contribution in [-0.4, -0.2) is 51.7 Å². The minimum atomic E-state index is -0.849. The van der Waals surface area contributed by atoms with Crippen molar-refractivity contribution in [1.29, 1.82) is 0 Å². The number of aromatic nitrogens is 2. The molecule has 116 valence electrons. The van der Waals surface area contributed by atoms with Crippen LogP contribution in [0.5, 0.6) is 0 Å². The zero-order valence-corrected chi connectivity index (χ0v) is 13.3. The van der Waals surface area contributed by atoms with Crippen molar-refractivity contribution < 1.29 is 9.90 Å². The second kappa shape index (κ2) is 7.49. The summed E-state index contributed by atoms with van der Waals surface area (Å²) in [5.74, 6) is 3.08. The summed E-state index contributed by atoms with van der Waals surface area (Å²) in [4.78, 5) is 22.0. The fourth-order valence-corrected chi connectivity index (χ4v) is 3.17. The normalized spacial score (nSPS) is 16.8. The first-order valence-corrected chi connectivity index (χ1v) is 8.36. The molecule has 0 radical (unpaired) electrons. The molecule has 2 heterocycles. The summed E-state index contributed by atoms with van der Waals surface area (Å²) in [7, 11) is 0. The number of rotatable bonds is 6. The monoisotopic (exact) mass is 310 g/mol. The Balaban J connectivity index is 2.07. The van der Waals surface area contributed by atoms with Gasteiger partial charge in [0.25, 0.3) is 0 Å². The van der Waals surface area contributed by atoms with Gasteiger partial charge in [-0.2, -0.15) is 11.8 Å². The molecule has 1 aromatic rings. The number of nitrogens with zero attached hydrogens (tertiary/aromatic N) is 3. The van der Waals surface area contributed by atoms with Crippen LogP contribution in [-0.2, 0) is 4.79 Å². The van der Waals surface area contributed by atoms with Crippen LogP contribution in [0.4, 0.5) is 11.6 Å². The third-order valence-electron chi connectivity index (χ3n) is 3.32. The van der Waals surface area contributed by atoms with E-state index in [1.165, 1.54) is 6.33 Å². The van der Waals surface area contributed by atoms with Crippen molar-refractivity contribution in [2.45, 2.75) is 26.3 Å². The van der Waals surface area contributed by atoms with E-state index in [1.54, 1.807) is 0 Å². The molecule has 0 spiro atoms. The third kappa shape index (κ3) is 4.77. The van der Waals surface area contributed by atoms with Crippen LogP contribution in [0.1, 0.15) is 20.3 Å². The molecular formula is C14H22N4O2S. The fourth-order valence-electron chi connectivity index (χ4n) is 2.26. The van der Waals surface area contributed by atoms with Crippen LogP contribution in [0.3, 0.4) is 0 Å². The number of nitrogens with one attached hydrogen (secondary N) is 1. The Morgan fingerprint density at radius 1 is 1.43 bits per heavy atom. The Labute approximate surface area is 129 Å². The van der Waals surface area contributed by atoms with E-state index in [0.717, 1.165) is 30.4 Å². The van der Waals surface area contributed by atoms with Crippen LogP contribution >= 0.6 is 11.8 Å². The Kier molecular flexibility index (Phi) is 5.67. The Morgan fingerprint density at radius 2 is 2.14 bits per heavy atom. The van der Waals surface area contributed by atoms with E-state index in [1.807, 2.05) is 31.7 Å². The number of aliphatic carboxylic acids is 1. The number of thioether (sulfide) groups is 1. The van der Waals surface area contributed by atoms with Gasteiger partial charge in [-0.25, -0.2) is 14.8 Å². The lowest BCUT2D eigenvalue weighted by Crippen LogP contribution is -2.34.